The van der Waals surface area contributed by atoms with Crippen LogP contribution in [-0.4, -0.2) is 19.8 Å². The molecule has 3 nitrogen and oxygen atoms in total. The highest BCUT2D eigenvalue weighted by Gasteiger charge is 2.20. The minimum atomic E-state index is 0.0276. The van der Waals surface area contributed by atoms with Crippen molar-refractivity contribution < 1.29 is 13.9 Å². The number of aldehydes is 1. The normalized spacial score (nSPS) is 11.8. The quantitative estimate of drug-likeness (QED) is 0.596. The molecule has 0 aliphatic rings. The molecule has 20 heavy (non-hydrogen) atoms. The monoisotopic (exact) mass is 272 g/mol. The average Bonchev–Trinajstić information content (AvgIpc) is 2.86. The molecule has 1 aromatic carbocycles. The fourth-order valence-corrected chi connectivity index (χ4v) is 1.94. The van der Waals surface area contributed by atoms with Gasteiger partial charge in [-0.1, -0.05) is 39.7 Å². The van der Waals surface area contributed by atoms with Crippen LogP contribution in [0.5, 0.6) is 0 Å². The average molecular weight is 272 g/mol. The molecule has 1 aromatic heterocycles. The zero-order valence-corrected chi connectivity index (χ0v) is 12.6. The van der Waals surface area contributed by atoms with Crippen molar-refractivity contribution in [1.82, 2.24) is 0 Å². The van der Waals surface area contributed by atoms with E-state index in [2.05, 4.69) is 20.8 Å². The van der Waals surface area contributed by atoms with Crippen molar-refractivity contribution in [2.75, 3.05) is 6.61 Å². The molecule has 0 saturated heterocycles. The molecule has 106 valence electrons. The van der Waals surface area contributed by atoms with E-state index in [0.717, 1.165) is 35.7 Å². The second-order valence-corrected chi connectivity index (χ2v) is 6.03. The topological polar surface area (TPSA) is 39.4 Å². The Hall–Kier alpha value is -1.55. The van der Waals surface area contributed by atoms with Gasteiger partial charge in [-0.05, 0) is 29.4 Å². The number of hydrogen-bond donors (Lipinski definition) is 0. The Morgan fingerprint density at radius 2 is 2.10 bits per heavy atom. The molecule has 0 radical (unpaired) electrons. The summed E-state index contributed by atoms with van der Waals surface area (Å²) in [6.07, 6.45) is 1.81. The lowest BCUT2D eigenvalue weighted by Crippen LogP contribution is -2.33. The number of carbonyl (C=O) groups is 1. The smallest absolute Gasteiger partial charge is 0.323 e. The van der Waals surface area contributed by atoms with Crippen LogP contribution in [0.3, 0.4) is 0 Å². The standard InChI is InChI=1S/C16H21BO3/c1-5-16(2,3)11-19-17(4)13-6-7-15-12(8-13)9-14(10-18)20-15/h6-10H,5,11H2,1-4H3. The Morgan fingerprint density at radius 1 is 1.35 bits per heavy atom. The highest BCUT2D eigenvalue weighted by Crippen LogP contribution is 2.20. The van der Waals surface area contributed by atoms with Crippen LogP contribution >= 0.6 is 0 Å². The maximum absolute atomic E-state index is 10.7. The van der Waals surface area contributed by atoms with Crippen LogP contribution < -0.4 is 5.46 Å². The van der Waals surface area contributed by atoms with E-state index >= 15 is 0 Å². The van der Waals surface area contributed by atoms with Crippen LogP contribution in [0.4, 0.5) is 0 Å². The van der Waals surface area contributed by atoms with Gasteiger partial charge in [0.05, 0.1) is 0 Å². The van der Waals surface area contributed by atoms with Crippen molar-refractivity contribution in [2.24, 2.45) is 5.41 Å². The van der Waals surface area contributed by atoms with Gasteiger partial charge in [0.15, 0.2) is 12.0 Å². The summed E-state index contributed by atoms with van der Waals surface area (Å²) in [5.41, 5.74) is 2.03. The van der Waals surface area contributed by atoms with Crippen molar-refractivity contribution in [2.45, 2.75) is 34.0 Å². The summed E-state index contributed by atoms with van der Waals surface area (Å²) in [6.45, 7) is 9.39. The minimum absolute atomic E-state index is 0.0276. The van der Waals surface area contributed by atoms with Gasteiger partial charge in [-0.2, -0.15) is 0 Å². The van der Waals surface area contributed by atoms with E-state index in [-0.39, 0.29) is 12.3 Å². The van der Waals surface area contributed by atoms with Crippen LogP contribution in [-0.2, 0) is 4.65 Å². The van der Waals surface area contributed by atoms with E-state index in [9.17, 15) is 4.79 Å². The third-order valence-corrected chi connectivity index (χ3v) is 3.83. The molecule has 2 aromatic rings. The number of furan rings is 1. The van der Waals surface area contributed by atoms with Crippen LogP contribution in [0.2, 0.25) is 6.82 Å². The first kappa shape index (κ1) is 14.9. The molecule has 0 saturated carbocycles. The predicted molar refractivity (Wildman–Crippen MR) is 82.9 cm³/mol. The van der Waals surface area contributed by atoms with Gasteiger partial charge in [-0.15, -0.1) is 0 Å². The zero-order valence-electron chi connectivity index (χ0n) is 12.6. The number of carbonyl (C=O) groups excluding carboxylic acids is 1. The first-order valence-electron chi connectivity index (χ1n) is 7.05. The van der Waals surface area contributed by atoms with Crippen LogP contribution in [0.1, 0.15) is 37.7 Å². The van der Waals surface area contributed by atoms with E-state index in [0.29, 0.717) is 5.76 Å². The molecular weight excluding hydrogens is 251 g/mol. The molecule has 0 atom stereocenters. The third-order valence-electron chi connectivity index (χ3n) is 3.83. The molecular formula is C16H21BO3. The molecule has 0 aliphatic carbocycles. The molecule has 0 bridgehead atoms. The second kappa shape index (κ2) is 5.84. The van der Waals surface area contributed by atoms with Gasteiger partial charge in [0.1, 0.15) is 5.58 Å². The van der Waals surface area contributed by atoms with E-state index in [4.69, 9.17) is 9.07 Å². The Labute approximate surface area is 120 Å². The van der Waals surface area contributed by atoms with Gasteiger partial charge in [-0.25, -0.2) is 0 Å². The van der Waals surface area contributed by atoms with E-state index in [1.165, 1.54) is 0 Å². The summed E-state index contributed by atoms with van der Waals surface area (Å²) in [7, 11) is 0. The summed E-state index contributed by atoms with van der Waals surface area (Å²) in [6, 6.07) is 7.66. The lowest BCUT2D eigenvalue weighted by molar-refractivity contribution is 0.110. The maximum Gasteiger partial charge on any atom is 0.323 e. The second-order valence-electron chi connectivity index (χ2n) is 6.03. The zero-order chi connectivity index (χ0) is 14.8. The van der Waals surface area contributed by atoms with Gasteiger partial charge in [0.25, 0.3) is 0 Å². The van der Waals surface area contributed by atoms with Crippen LogP contribution in [0.15, 0.2) is 28.7 Å². The third kappa shape index (κ3) is 3.31. The summed E-state index contributed by atoms with van der Waals surface area (Å²) in [5, 5.41) is 0.940. The Bertz CT molecular complexity index is 601. The molecule has 2 rings (SSSR count). The lowest BCUT2D eigenvalue weighted by Gasteiger charge is -2.24. The molecule has 0 N–H and O–H groups in total. The molecule has 0 fully saturated rings. The van der Waals surface area contributed by atoms with Crippen LogP contribution in [0, 0.1) is 5.41 Å². The van der Waals surface area contributed by atoms with Gasteiger partial charge in [-0.3, -0.25) is 4.79 Å². The summed E-state index contributed by atoms with van der Waals surface area (Å²) >= 11 is 0. The van der Waals surface area contributed by atoms with Crippen molar-refractivity contribution in [3.63, 3.8) is 0 Å². The van der Waals surface area contributed by atoms with Gasteiger partial charge < -0.3 is 9.07 Å². The molecule has 0 spiro atoms. The first-order chi connectivity index (χ1) is 9.45. The molecule has 1 heterocycles. The fourth-order valence-electron chi connectivity index (χ4n) is 1.94. The van der Waals surface area contributed by atoms with Crippen molar-refractivity contribution in [1.29, 1.82) is 0 Å². The predicted octanol–water partition coefficient (Wildman–Crippen LogP) is 3.53. The SMILES string of the molecule is CCC(C)(C)COB(C)c1ccc2oc(C=O)cc2c1. The largest absolute Gasteiger partial charge is 0.453 e. The Kier molecular flexibility index (Phi) is 4.34. The van der Waals surface area contributed by atoms with Gasteiger partial charge >= 0.3 is 6.92 Å². The molecule has 0 unspecified atom stereocenters. The summed E-state index contributed by atoms with van der Waals surface area (Å²) < 4.78 is 11.3. The number of fused-ring (bicyclic) bond motifs is 1. The highest BCUT2D eigenvalue weighted by atomic mass is 16.4. The van der Waals surface area contributed by atoms with Gasteiger partial charge in [0.2, 0.25) is 0 Å². The Balaban J connectivity index is 2.13. The lowest BCUT2D eigenvalue weighted by atomic mass is 9.63. The van der Waals surface area contributed by atoms with Crippen molar-refractivity contribution in [3.8, 4) is 0 Å². The number of benzene rings is 1. The molecule has 4 heteroatoms. The first-order valence-corrected chi connectivity index (χ1v) is 7.05. The molecule has 0 amide bonds. The summed E-state index contributed by atoms with van der Waals surface area (Å²) in [5.74, 6) is 0.359. The molecule has 0 aliphatic heterocycles. The van der Waals surface area contributed by atoms with E-state index < -0.39 is 0 Å². The number of rotatable bonds is 6. The van der Waals surface area contributed by atoms with E-state index in [1.807, 2.05) is 25.0 Å². The Morgan fingerprint density at radius 3 is 2.75 bits per heavy atom. The van der Waals surface area contributed by atoms with E-state index in [1.54, 1.807) is 6.07 Å². The highest BCUT2D eigenvalue weighted by molar-refractivity contribution is 6.66. The number of hydrogen-bond acceptors (Lipinski definition) is 3. The van der Waals surface area contributed by atoms with Gasteiger partial charge in [0, 0.05) is 12.0 Å². The van der Waals surface area contributed by atoms with Crippen molar-refractivity contribution >= 4 is 29.6 Å². The van der Waals surface area contributed by atoms with Crippen LogP contribution in [0.25, 0.3) is 11.0 Å². The minimum Gasteiger partial charge on any atom is -0.453 e. The summed E-state index contributed by atoms with van der Waals surface area (Å²) in [4.78, 5) is 10.7. The maximum atomic E-state index is 10.7. The van der Waals surface area contributed by atoms with Crippen molar-refractivity contribution in [3.05, 3.63) is 30.0 Å². The fraction of sp³-hybridized carbons (Fsp3) is 0.438.